The van der Waals surface area contributed by atoms with Gasteiger partial charge in [0, 0.05) is 19.3 Å². The molecule has 0 radical (unpaired) electrons. The van der Waals surface area contributed by atoms with Gasteiger partial charge in [0.25, 0.3) is 0 Å². The summed E-state index contributed by atoms with van der Waals surface area (Å²) in [6, 6.07) is 0. The van der Waals surface area contributed by atoms with Crippen LogP contribution in [0.25, 0.3) is 0 Å². The largest absolute Gasteiger partial charge is 0.462 e. The monoisotopic (exact) mass is 955 g/mol. The molecule has 0 saturated heterocycles. The minimum absolute atomic E-state index is 0.0749. The average molecular weight is 956 g/mol. The molecule has 0 aromatic carbocycles. The van der Waals surface area contributed by atoms with Gasteiger partial charge in [0.1, 0.15) is 13.2 Å². The zero-order valence-corrected chi connectivity index (χ0v) is 45.6. The molecule has 0 saturated carbocycles. The molecule has 0 spiro atoms. The van der Waals surface area contributed by atoms with Gasteiger partial charge in [-0.25, -0.2) is 0 Å². The van der Waals surface area contributed by atoms with Crippen LogP contribution in [-0.4, -0.2) is 37.2 Å². The van der Waals surface area contributed by atoms with E-state index in [9.17, 15) is 14.4 Å². The lowest BCUT2D eigenvalue weighted by Crippen LogP contribution is -2.30. The molecular weight excluding hydrogens is 841 g/mol. The van der Waals surface area contributed by atoms with Gasteiger partial charge in [-0.1, -0.05) is 269 Å². The van der Waals surface area contributed by atoms with Crippen molar-refractivity contribution in [1.29, 1.82) is 0 Å². The van der Waals surface area contributed by atoms with Crippen LogP contribution in [0.3, 0.4) is 0 Å². The number of rotatable bonds is 55. The van der Waals surface area contributed by atoms with E-state index >= 15 is 0 Å². The van der Waals surface area contributed by atoms with Crippen molar-refractivity contribution in [1.82, 2.24) is 0 Å². The van der Waals surface area contributed by atoms with Gasteiger partial charge in [-0.2, -0.15) is 0 Å². The van der Waals surface area contributed by atoms with Crippen molar-refractivity contribution in [2.24, 2.45) is 0 Å². The number of carbonyl (C=O) groups excluding carboxylic acids is 3. The minimum atomic E-state index is -0.773. The molecule has 0 aliphatic rings. The summed E-state index contributed by atoms with van der Waals surface area (Å²) in [4.78, 5) is 37.7. The highest BCUT2D eigenvalue weighted by Crippen LogP contribution is 2.17. The Labute approximate surface area is 423 Å². The second kappa shape index (κ2) is 57.2. The second-order valence-electron chi connectivity index (χ2n) is 20.3. The Morgan fingerprint density at radius 1 is 0.294 bits per heavy atom. The molecule has 0 amide bonds. The van der Waals surface area contributed by atoms with Gasteiger partial charge in [-0.3, -0.25) is 14.4 Å². The zero-order chi connectivity index (χ0) is 49.3. The minimum Gasteiger partial charge on any atom is -0.462 e. The fourth-order valence-electron chi connectivity index (χ4n) is 8.81. The van der Waals surface area contributed by atoms with Crippen molar-refractivity contribution in [3.05, 3.63) is 36.5 Å². The Hall–Kier alpha value is -2.37. The summed E-state index contributed by atoms with van der Waals surface area (Å²) in [5.74, 6) is -0.890. The van der Waals surface area contributed by atoms with Gasteiger partial charge < -0.3 is 14.2 Å². The normalized spacial score (nSPS) is 12.2. The molecule has 0 aromatic heterocycles. The number of hydrogen-bond donors (Lipinski definition) is 0. The van der Waals surface area contributed by atoms with E-state index in [2.05, 4.69) is 57.2 Å². The highest BCUT2D eigenvalue weighted by atomic mass is 16.6. The van der Waals surface area contributed by atoms with Crippen molar-refractivity contribution in [2.75, 3.05) is 13.2 Å². The van der Waals surface area contributed by atoms with Crippen molar-refractivity contribution < 1.29 is 28.6 Å². The van der Waals surface area contributed by atoms with Crippen LogP contribution >= 0.6 is 0 Å². The maximum absolute atomic E-state index is 12.7. The van der Waals surface area contributed by atoms with Crippen LogP contribution in [0.2, 0.25) is 0 Å². The molecule has 68 heavy (non-hydrogen) atoms. The SMILES string of the molecule is CCCC/C=C\C/C=C\CCCCCCCC(=O)OC(COC(=O)CCCCCCC)COC(=O)CCCCCCCCCCCCCCCCCCCCC/C=C\CCCCCCCCCC. The number of hydrogen-bond acceptors (Lipinski definition) is 6. The number of allylic oxidation sites excluding steroid dienone is 6. The second-order valence-corrected chi connectivity index (χ2v) is 20.3. The van der Waals surface area contributed by atoms with Crippen molar-refractivity contribution in [2.45, 2.75) is 329 Å². The van der Waals surface area contributed by atoms with Gasteiger partial charge in [0.15, 0.2) is 6.10 Å². The van der Waals surface area contributed by atoms with Crippen LogP contribution in [0.5, 0.6) is 0 Å². The first-order valence-electron chi connectivity index (χ1n) is 30.0. The van der Waals surface area contributed by atoms with E-state index < -0.39 is 6.10 Å². The van der Waals surface area contributed by atoms with E-state index in [0.29, 0.717) is 19.3 Å². The molecule has 0 aromatic rings. The molecule has 398 valence electrons. The fourth-order valence-corrected chi connectivity index (χ4v) is 8.81. The lowest BCUT2D eigenvalue weighted by atomic mass is 10.0. The standard InChI is InChI=1S/C62H114O6/c1-4-7-10-13-15-17-19-21-23-24-25-26-27-28-29-30-31-32-33-34-35-36-37-38-39-41-42-44-46-49-52-55-61(64)67-58-59(57-66-60(63)54-51-48-12-9-6-3)68-62(65)56-53-50-47-45-43-40-22-20-18-16-14-11-8-5-2/h14,16,20,22,24-25,59H,4-13,15,17-19,21,23,26-58H2,1-3H3/b16-14-,22-20-,25-24-. The van der Waals surface area contributed by atoms with Crippen LogP contribution < -0.4 is 0 Å². The fraction of sp³-hybridized carbons (Fsp3) is 0.855. The summed E-state index contributed by atoms with van der Waals surface area (Å²) in [5.41, 5.74) is 0. The first-order chi connectivity index (χ1) is 33.5. The first-order valence-corrected chi connectivity index (χ1v) is 30.0. The molecule has 0 aliphatic carbocycles. The van der Waals surface area contributed by atoms with E-state index in [1.165, 1.54) is 193 Å². The highest BCUT2D eigenvalue weighted by Gasteiger charge is 2.19. The summed E-state index contributed by atoms with van der Waals surface area (Å²) < 4.78 is 16.7. The summed E-state index contributed by atoms with van der Waals surface area (Å²) in [5, 5.41) is 0. The number of carbonyl (C=O) groups is 3. The summed E-state index contributed by atoms with van der Waals surface area (Å²) in [7, 11) is 0. The molecule has 0 fully saturated rings. The smallest absolute Gasteiger partial charge is 0.306 e. The molecule has 0 N–H and O–H groups in total. The number of ether oxygens (including phenoxy) is 3. The van der Waals surface area contributed by atoms with Gasteiger partial charge in [0.2, 0.25) is 0 Å². The Balaban J connectivity index is 3.91. The van der Waals surface area contributed by atoms with E-state index in [4.69, 9.17) is 14.2 Å². The summed E-state index contributed by atoms with van der Waals surface area (Å²) in [6.07, 6.45) is 69.3. The molecule has 0 heterocycles. The highest BCUT2D eigenvalue weighted by molar-refractivity contribution is 5.71. The van der Waals surface area contributed by atoms with Crippen LogP contribution in [0.1, 0.15) is 323 Å². The Morgan fingerprint density at radius 2 is 0.544 bits per heavy atom. The quantitative estimate of drug-likeness (QED) is 0.0262. The Bertz CT molecular complexity index is 1140. The topological polar surface area (TPSA) is 78.9 Å². The van der Waals surface area contributed by atoms with E-state index in [0.717, 1.165) is 89.9 Å². The molecule has 1 atom stereocenters. The Kier molecular flexibility index (Phi) is 55.2. The van der Waals surface area contributed by atoms with Crippen LogP contribution in [-0.2, 0) is 28.6 Å². The third-order valence-electron chi connectivity index (χ3n) is 13.4. The van der Waals surface area contributed by atoms with Crippen molar-refractivity contribution >= 4 is 17.9 Å². The lowest BCUT2D eigenvalue weighted by Gasteiger charge is -2.18. The third kappa shape index (κ3) is 54.6. The maximum Gasteiger partial charge on any atom is 0.306 e. The van der Waals surface area contributed by atoms with Gasteiger partial charge in [-0.15, -0.1) is 0 Å². The predicted octanol–water partition coefficient (Wildman–Crippen LogP) is 20.0. The summed E-state index contributed by atoms with van der Waals surface area (Å²) >= 11 is 0. The van der Waals surface area contributed by atoms with Gasteiger partial charge >= 0.3 is 17.9 Å². The van der Waals surface area contributed by atoms with Crippen molar-refractivity contribution in [3.8, 4) is 0 Å². The molecule has 1 unspecified atom stereocenters. The molecule has 0 bridgehead atoms. The molecule has 0 aliphatic heterocycles. The average Bonchev–Trinajstić information content (AvgIpc) is 3.34. The predicted molar refractivity (Wildman–Crippen MR) is 293 cm³/mol. The van der Waals surface area contributed by atoms with Crippen LogP contribution in [0, 0.1) is 0 Å². The van der Waals surface area contributed by atoms with E-state index in [-0.39, 0.29) is 31.1 Å². The zero-order valence-electron chi connectivity index (χ0n) is 45.6. The van der Waals surface area contributed by atoms with E-state index in [1.807, 2.05) is 0 Å². The van der Waals surface area contributed by atoms with Gasteiger partial charge in [0.05, 0.1) is 0 Å². The molecule has 6 nitrogen and oxygen atoms in total. The van der Waals surface area contributed by atoms with Gasteiger partial charge in [-0.05, 0) is 70.6 Å². The molecule has 0 rings (SSSR count). The number of esters is 3. The van der Waals surface area contributed by atoms with Crippen LogP contribution in [0.15, 0.2) is 36.5 Å². The first kappa shape index (κ1) is 65.6. The number of unbranched alkanes of at least 4 members (excludes halogenated alkanes) is 38. The third-order valence-corrected chi connectivity index (χ3v) is 13.4. The summed E-state index contributed by atoms with van der Waals surface area (Å²) in [6.45, 7) is 6.53. The van der Waals surface area contributed by atoms with E-state index in [1.54, 1.807) is 0 Å². The van der Waals surface area contributed by atoms with Crippen LogP contribution in [0.4, 0.5) is 0 Å². The molecular formula is C62H114O6. The maximum atomic E-state index is 12.7. The molecule has 6 heteroatoms. The Morgan fingerprint density at radius 3 is 0.868 bits per heavy atom. The van der Waals surface area contributed by atoms with Crippen molar-refractivity contribution in [3.63, 3.8) is 0 Å². The lowest BCUT2D eigenvalue weighted by molar-refractivity contribution is -0.167.